The van der Waals surface area contributed by atoms with E-state index >= 15 is 0 Å². The number of benzene rings is 1. The summed E-state index contributed by atoms with van der Waals surface area (Å²) < 4.78 is 27.8. The lowest BCUT2D eigenvalue weighted by atomic mass is 9.98. The van der Waals surface area contributed by atoms with Gasteiger partial charge in [0.15, 0.2) is 11.4 Å². The van der Waals surface area contributed by atoms with Crippen LogP contribution in [0.2, 0.25) is 5.15 Å². The molecule has 0 bridgehead atoms. The molecule has 2 fully saturated rings. The van der Waals surface area contributed by atoms with Gasteiger partial charge in [-0.15, -0.1) is 0 Å². The number of aromatic nitrogens is 3. The van der Waals surface area contributed by atoms with E-state index < -0.39 is 17.9 Å². The summed E-state index contributed by atoms with van der Waals surface area (Å²) in [4.78, 5) is 33.8. The number of nitrogens with zero attached hydrogens (tertiary/aromatic N) is 3. The highest BCUT2D eigenvalue weighted by molar-refractivity contribution is 6.29. The van der Waals surface area contributed by atoms with Crippen LogP contribution in [0.4, 0.5) is 4.39 Å². The molecule has 34 heavy (non-hydrogen) atoms. The molecule has 1 aliphatic heterocycles. The molecule has 3 aromatic rings. The molecule has 0 amide bonds. The summed E-state index contributed by atoms with van der Waals surface area (Å²) in [5.74, 6) is -1.15. The van der Waals surface area contributed by atoms with Crippen LogP contribution in [0.1, 0.15) is 72.5 Å². The van der Waals surface area contributed by atoms with Crippen molar-refractivity contribution in [3.05, 3.63) is 62.7 Å². The highest BCUT2D eigenvalue weighted by Crippen LogP contribution is 2.39. The Morgan fingerprint density at radius 3 is 2.65 bits per heavy atom. The van der Waals surface area contributed by atoms with Gasteiger partial charge in [-0.05, 0) is 56.9 Å². The lowest BCUT2D eigenvalue weighted by Gasteiger charge is -2.25. The fraction of sp³-hybridized carbons (Fsp3) is 0.417. The van der Waals surface area contributed by atoms with Crippen LogP contribution in [0.5, 0.6) is 5.75 Å². The van der Waals surface area contributed by atoms with Crippen molar-refractivity contribution in [3.8, 4) is 5.75 Å². The van der Waals surface area contributed by atoms with E-state index in [1.807, 2.05) is 0 Å². The molecule has 8 nitrogen and oxygen atoms in total. The summed E-state index contributed by atoms with van der Waals surface area (Å²) >= 11 is 5.83. The maximum Gasteiger partial charge on any atom is 0.358 e. The number of fused-ring (bicyclic) bond motifs is 1. The lowest BCUT2D eigenvalue weighted by Crippen LogP contribution is -2.29. The topological polar surface area (TPSA) is 104 Å². The maximum absolute atomic E-state index is 14.7. The largest absolute Gasteiger partial charge is 0.483 e. The summed E-state index contributed by atoms with van der Waals surface area (Å²) in [6.45, 7) is 2.85. The number of hydrogen-bond acceptors (Lipinski definition) is 6. The number of hydrogen-bond donors (Lipinski definition) is 1. The summed E-state index contributed by atoms with van der Waals surface area (Å²) in [6.07, 6.45) is 2.49. The Hall–Kier alpha value is -3.04. The van der Waals surface area contributed by atoms with E-state index in [0.29, 0.717) is 30.1 Å². The van der Waals surface area contributed by atoms with E-state index in [1.165, 1.54) is 24.3 Å². The van der Waals surface area contributed by atoms with Gasteiger partial charge < -0.3 is 14.6 Å². The molecule has 178 valence electrons. The minimum absolute atomic E-state index is 0.0111. The van der Waals surface area contributed by atoms with Gasteiger partial charge in [-0.25, -0.2) is 19.2 Å². The highest BCUT2D eigenvalue weighted by atomic mass is 35.5. The number of carbonyl (C=O) groups is 1. The SMILES string of the molecule is C[C@H](Oc1ccc(Cl)nc1C(=O)O)c1cc(F)cc2c(=O)n(C3CC3)c(C3CCOCC3)nc12. The molecule has 2 aromatic heterocycles. The van der Waals surface area contributed by atoms with Crippen LogP contribution in [0.3, 0.4) is 0 Å². The minimum atomic E-state index is -1.30. The molecule has 0 unspecified atom stereocenters. The molecular formula is C24H23ClFN3O5. The second-order valence-electron chi connectivity index (χ2n) is 8.70. The standard InChI is InChI=1S/C24H23ClFN3O5/c1-12(34-18-4-5-19(25)27-21(18)24(31)32)16-10-14(26)11-17-20(16)28-22(13-6-8-33-9-7-13)29(23(17)30)15-2-3-15/h4-5,10-13,15H,2-3,6-9H2,1H3,(H,31,32)/t12-/m0/s1. The molecule has 0 radical (unpaired) electrons. The molecule has 0 spiro atoms. The van der Waals surface area contributed by atoms with Gasteiger partial charge in [0.05, 0.1) is 10.9 Å². The third kappa shape index (κ3) is 4.25. The second-order valence-corrected chi connectivity index (χ2v) is 9.09. The van der Waals surface area contributed by atoms with Gasteiger partial charge in [0.1, 0.15) is 22.9 Å². The van der Waals surface area contributed by atoms with Gasteiger partial charge in [0, 0.05) is 30.7 Å². The third-order valence-corrected chi connectivity index (χ3v) is 6.50. The Labute approximate surface area is 199 Å². The molecular weight excluding hydrogens is 465 g/mol. The lowest BCUT2D eigenvalue weighted by molar-refractivity contribution is 0.0682. The van der Waals surface area contributed by atoms with Crippen molar-refractivity contribution in [1.29, 1.82) is 0 Å². The number of aromatic carboxylic acids is 1. The first kappa shape index (κ1) is 22.7. The Morgan fingerprint density at radius 1 is 1.24 bits per heavy atom. The van der Waals surface area contributed by atoms with Gasteiger partial charge in [-0.1, -0.05) is 11.6 Å². The number of carboxylic acids is 1. The normalized spacial score (nSPS) is 17.6. The summed E-state index contributed by atoms with van der Waals surface area (Å²) in [5, 5.41) is 9.66. The van der Waals surface area contributed by atoms with Crippen molar-refractivity contribution in [1.82, 2.24) is 14.5 Å². The van der Waals surface area contributed by atoms with Gasteiger partial charge >= 0.3 is 5.97 Å². The van der Waals surface area contributed by atoms with E-state index in [2.05, 4.69) is 4.98 Å². The Kier molecular flexibility index (Phi) is 5.99. The van der Waals surface area contributed by atoms with Crippen molar-refractivity contribution in [3.63, 3.8) is 0 Å². The average Bonchev–Trinajstić information content (AvgIpc) is 3.65. The molecule has 1 atom stereocenters. The van der Waals surface area contributed by atoms with E-state index in [0.717, 1.165) is 25.7 Å². The van der Waals surface area contributed by atoms with Gasteiger partial charge in [0.25, 0.3) is 5.56 Å². The van der Waals surface area contributed by atoms with E-state index in [1.54, 1.807) is 11.5 Å². The molecule has 1 aliphatic carbocycles. The van der Waals surface area contributed by atoms with Crippen LogP contribution in [0, 0.1) is 5.82 Å². The molecule has 1 saturated carbocycles. The number of rotatable bonds is 6. The number of carboxylic acid groups (broad SMARTS) is 1. The predicted molar refractivity (Wildman–Crippen MR) is 122 cm³/mol. The molecule has 5 rings (SSSR count). The Balaban J connectivity index is 1.63. The van der Waals surface area contributed by atoms with Crippen molar-refractivity contribution >= 4 is 28.5 Å². The quantitative estimate of drug-likeness (QED) is 0.504. The fourth-order valence-electron chi connectivity index (χ4n) is 4.47. The van der Waals surface area contributed by atoms with Crippen LogP contribution in [0.15, 0.2) is 29.1 Å². The molecule has 1 aromatic carbocycles. The van der Waals surface area contributed by atoms with E-state index in [9.17, 15) is 19.1 Å². The van der Waals surface area contributed by atoms with Gasteiger partial charge in [-0.2, -0.15) is 0 Å². The van der Waals surface area contributed by atoms with Gasteiger partial charge in [-0.3, -0.25) is 9.36 Å². The van der Waals surface area contributed by atoms with Crippen molar-refractivity contribution in [2.24, 2.45) is 0 Å². The first-order valence-corrected chi connectivity index (χ1v) is 11.6. The van der Waals surface area contributed by atoms with Crippen molar-refractivity contribution < 1.29 is 23.8 Å². The fourth-order valence-corrected chi connectivity index (χ4v) is 4.62. The first-order chi connectivity index (χ1) is 16.3. The van der Waals surface area contributed by atoms with E-state index in [-0.39, 0.29) is 39.5 Å². The summed E-state index contributed by atoms with van der Waals surface area (Å²) in [6, 6.07) is 5.38. The maximum atomic E-state index is 14.7. The third-order valence-electron chi connectivity index (χ3n) is 6.29. The second kappa shape index (κ2) is 8.96. The van der Waals surface area contributed by atoms with Gasteiger partial charge in [0.2, 0.25) is 0 Å². The number of ether oxygens (including phenoxy) is 2. The molecule has 3 heterocycles. The zero-order chi connectivity index (χ0) is 24.0. The molecule has 1 saturated heterocycles. The number of pyridine rings is 1. The average molecular weight is 488 g/mol. The van der Waals surface area contributed by atoms with Crippen LogP contribution >= 0.6 is 11.6 Å². The summed E-state index contributed by atoms with van der Waals surface area (Å²) in [5.41, 5.74) is 0.0964. The van der Waals surface area contributed by atoms with Crippen molar-refractivity contribution in [2.45, 2.75) is 50.7 Å². The summed E-state index contributed by atoms with van der Waals surface area (Å²) in [7, 11) is 0. The molecule has 2 aliphatic rings. The van der Waals surface area contributed by atoms with Crippen LogP contribution < -0.4 is 10.3 Å². The smallest absolute Gasteiger partial charge is 0.358 e. The zero-order valence-corrected chi connectivity index (χ0v) is 19.2. The predicted octanol–water partition coefficient (Wildman–Crippen LogP) is 4.65. The van der Waals surface area contributed by atoms with E-state index in [4.69, 9.17) is 26.1 Å². The first-order valence-electron chi connectivity index (χ1n) is 11.2. The van der Waals surface area contributed by atoms with Crippen LogP contribution in [-0.4, -0.2) is 38.8 Å². The monoisotopic (exact) mass is 487 g/mol. The Morgan fingerprint density at radius 2 is 1.97 bits per heavy atom. The molecule has 10 heteroatoms. The van der Waals surface area contributed by atoms with Crippen molar-refractivity contribution in [2.75, 3.05) is 13.2 Å². The zero-order valence-electron chi connectivity index (χ0n) is 18.5. The molecule has 1 N–H and O–H groups in total. The van der Waals surface area contributed by atoms with Crippen LogP contribution in [-0.2, 0) is 4.74 Å². The number of halogens is 2. The highest BCUT2D eigenvalue weighted by Gasteiger charge is 2.33. The minimum Gasteiger partial charge on any atom is -0.483 e. The van der Waals surface area contributed by atoms with Crippen LogP contribution in [0.25, 0.3) is 10.9 Å². The Bertz CT molecular complexity index is 1330.